The van der Waals surface area contributed by atoms with E-state index in [1.165, 1.54) is 12.8 Å². The summed E-state index contributed by atoms with van der Waals surface area (Å²) in [5.74, 6) is 1.97. The summed E-state index contributed by atoms with van der Waals surface area (Å²) in [6.45, 7) is 3.87. The fraction of sp³-hybridized carbons (Fsp3) is 0.389. The van der Waals surface area contributed by atoms with Crippen molar-refractivity contribution in [2.24, 2.45) is 5.73 Å². The zero-order chi connectivity index (χ0) is 16.8. The largest absolute Gasteiger partial charge is 0.355 e. The number of pyridine rings is 1. The van der Waals surface area contributed by atoms with Crippen LogP contribution in [0.2, 0.25) is 0 Å². The van der Waals surface area contributed by atoms with Gasteiger partial charge in [-0.05, 0) is 37.1 Å². The summed E-state index contributed by atoms with van der Waals surface area (Å²) in [5.41, 5.74) is 8.54. The normalized spacial score (nSPS) is 18.1. The van der Waals surface area contributed by atoms with Crippen LogP contribution < -0.4 is 15.5 Å². The summed E-state index contributed by atoms with van der Waals surface area (Å²) in [7, 11) is 0. The summed E-state index contributed by atoms with van der Waals surface area (Å²) in [6, 6.07) is 10.4. The molecule has 0 unspecified atom stereocenters. The highest BCUT2D eigenvalue weighted by Gasteiger charge is 2.24. The molecule has 0 amide bonds. The molecule has 128 valence electrons. The molecule has 0 saturated carbocycles. The lowest BCUT2D eigenvalue weighted by Crippen LogP contribution is -2.56. The van der Waals surface area contributed by atoms with E-state index < -0.39 is 0 Å². The molecule has 5 rings (SSSR count). The highest BCUT2D eigenvalue weighted by molar-refractivity contribution is 5.62. The lowest BCUT2D eigenvalue weighted by Gasteiger charge is -2.37. The van der Waals surface area contributed by atoms with Gasteiger partial charge in [-0.2, -0.15) is 0 Å². The van der Waals surface area contributed by atoms with Crippen LogP contribution in [0.15, 0.2) is 36.5 Å². The van der Waals surface area contributed by atoms with Gasteiger partial charge in [0.25, 0.3) is 0 Å². The third-order valence-electron chi connectivity index (χ3n) is 5.01. The van der Waals surface area contributed by atoms with E-state index in [2.05, 4.69) is 20.9 Å². The number of imidazole rings is 1. The first-order valence-corrected chi connectivity index (χ1v) is 8.86. The van der Waals surface area contributed by atoms with Crippen LogP contribution in [-0.4, -0.2) is 51.8 Å². The first kappa shape index (κ1) is 14.7. The fourth-order valence-electron chi connectivity index (χ4n) is 3.59. The van der Waals surface area contributed by atoms with Gasteiger partial charge >= 0.3 is 0 Å². The second-order valence-electron chi connectivity index (χ2n) is 6.85. The molecule has 2 aliphatic heterocycles. The van der Waals surface area contributed by atoms with Gasteiger partial charge in [-0.25, -0.2) is 14.5 Å². The van der Waals surface area contributed by atoms with Gasteiger partial charge < -0.3 is 15.5 Å². The number of hydrogen-bond donors (Lipinski definition) is 1. The lowest BCUT2D eigenvalue weighted by molar-refractivity contribution is 0.515. The van der Waals surface area contributed by atoms with Gasteiger partial charge in [-0.15, -0.1) is 5.10 Å². The predicted octanol–water partition coefficient (Wildman–Crippen LogP) is 1.54. The minimum Gasteiger partial charge on any atom is -0.355 e. The molecule has 2 N–H and O–H groups in total. The smallest absolute Gasteiger partial charge is 0.154 e. The quantitative estimate of drug-likeness (QED) is 0.782. The zero-order valence-electron chi connectivity index (χ0n) is 14.0. The first-order valence-electron chi connectivity index (χ1n) is 8.86. The molecule has 2 saturated heterocycles. The second kappa shape index (κ2) is 5.70. The van der Waals surface area contributed by atoms with Crippen LogP contribution in [0.1, 0.15) is 12.8 Å². The van der Waals surface area contributed by atoms with E-state index in [0.29, 0.717) is 0 Å². The van der Waals surface area contributed by atoms with Crippen LogP contribution in [0.5, 0.6) is 0 Å². The molecule has 3 aromatic rings. The van der Waals surface area contributed by atoms with Crippen molar-refractivity contribution in [3.05, 3.63) is 36.5 Å². The highest BCUT2D eigenvalue weighted by Crippen LogP contribution is 2.25. The van der Waals surface area contributed by atoms with E-state index in [1.54, 1.807) is 0 Å². The molecular formula is C18H21N7. The Balaban J connectivity index is 1.53. The zero-order valence-corrected chi connectivity index (χ0v) is 14.0. The molecule has 7 heteroatoms. The minimum atomic E-state index is 0.255. The monoisotopic (exact) mass is 335 g/mol. The molecule has 0 bridgehead atoms. The molecular weight excluding hydrogens is 314 g/mol. The molecule has 3 aromatic heterocycles. The predicted molar refractivity (Wildman–Crippen MR) is 97.9 cm³/mol. The third kappa shape index (κ3) is 2.51. The van der Waals surface area contributed by atoms with Crippen molar-refractivity contribution < 1.29 is 0 Å². The first-order chi connectivity index (χ1) is 12.3. The van der Waals surface area contributed by atoms with Crippen molar-refractivity contribution in [1.29, 1.82) is 0 Å². The molecule has 5 heterocycles. The Morgan fingerprint density at radius 2 is 1.80 bits per heavy atom. The molecule has 25 heavy (non-hydrogen) atoms. The van der Waals surface area contributed by atoms with Crippen LogP contribution >= 0.6 is 0 Å². The Hall–Kier alpha value is -2.67. The van der Waals surface area contributed by atoms with Crippen LogP contribution in [-0.2, 0) is 0 Å². The topological polar surface area (TPSA) is 75.6 Å². The number of hydrogen-bond acceptors (Lipinski definition) is 6. The standard InChI is InChI=1S/C18H21N7/c19-13-11-24(12-13)17-5-3-4-14(21-17)15-10-20-16-6-7-18(22-25(15)16)23-8-1-2-9-23/h3-7,10,13H,1-2,8-9,11-12,19H2. The van der Waals surface area contributed by atoms with Crippen molar-refractivity contribution in [3.63, 3.8) is 0 Å². The summed E-state index contributed by atoms with van der Waals surface area (Å²) >= 11 is 0. The van der Waals surface area contributed by atoms with Gasteiger partial charge in [0.05, 0.1) is 11.9 Å². The van der Waals surface area contributed by atoms with E-state index in [0.717, 1.165) is 54.8 Å². The molecule has 2 fully saturated rings. The number of rotatable bonds is 3. The fourth-order valence-corrected chi connectivity index (χ4v) is 3.59. The molecule has 0 radical (unpaired) electrons. The second-order valence-corrected chi connectivity index (χ2v) is 6.85. The van der Waals surface area contributed by atoms with Crippen molar-refractivity contribution >= 4 is 17.3 Å². The Kier molecular flexibility index (Phi) is 3.34. The van der Waals surface area contributed by atoms with Crippen LogP contribution in [0.3, 0.4) is 0 Å². The van der Waals surface area contributed by atoms with Crippen LogP contribution in [0, 0.1) is 0 Å². The number of anilines is 2. The molecule has 0 atom stereocenters. The average Bonchev–Trinajstić information content (AvgIpc) is 3.28. The summed E-state index contributed by atoms with van der Waals surface area (Å²) in [5, 5.41) is 4.82. The Morgan fingerprint density at radius 3 is 2.60 bits per heavy atom. The number of aromatic nitrogens is 4. The van der Waals surface area contributed by atoms with E-state index in [-0.39, 0.29) is 6.04 Å². The molecule has 0 spiro atoms. The highest BCUT2D eigenvalue weighted by atomic mass is 15.3. The molecule has 0 aliphatic carbocycles. The van der Waals surface area contributed by atoms with Gasteiger partial charge in [0.15, 0.2) is 5.65 Å². The van der Waals surface area contributed by atoms with Crippen molar-refractivity contribution in [2.75, 3.05) is 36.0 Å². The van der Waals surface area contributed by atoms with E-state index in [1.807, 2.05) is 35.0 Å². The lowest BCUT2D eigenvalue weighted by atomic mass is 10.1. The molecule has 7 nitrogen and oxygen atoms in total. The SMILES string of the molecule is NC1CN(c2cccc(-c3cnc4ccc(N5CCCC5)nn34)n2)C1. The average molecular weight is 335 g/mol. The number of nitrogens with two attached hydrogens (primary N) is 1. The Bertz CT molecular complexity index is 907. The Labute approximate surface area is 146 Å². The van der Waals surface area contributed by atoms with Gasteiger partial charge in [0.2, 0.25) is 0 Å². The van der Waals surface area contributed by atoms with Crippen LogP contribution in [0.25, 0.3) is 17.0 Å². The number of fused-ring (bicyclic) bond motifs is 1. The summed E-state index contributed by atoms with van der Waals surface area (Å²) < 4.78 is 1.90. The van der Waals surface area contributed by atoms with E-state index in [4.69, 9.17) is 15.8 Å². The summed E-state index contributed by atoms with van der Waals surface area (Å²) in [4.78, 5) is 13.8. The molecule has 0 aromatic carbocycles. The number of nitrogens with zero attached hydrogens (tertiary/aromatic N) is 6. The minimum absolute atomic E-state index is 0.255. The molecule has 2 aliphatic rings. The van der Waals surface area contributed by atoms with Gasteiger partial charge in [-0.3, -0.25) is 0 Å². The van der Waals surface area contributed by atoms with Crippen molar-refractivity contribution in [3.8, 4) is 11.4 Å². The van der Waals surface area contributed by atoms with Crippen molar-refractivity contribution in [1.82, 2.24) is 19.6 Å². The third-order valence-corrected chi connectivity index (χ3v) is 5.01. The van der Waals surface area contributed by atoms with Gasteiger partial charge in [0.1, 0.15) is 17.3 Å². The maximum atomic E-state index is 5.89. The van der Waals surface area contributed by atoms with Gasteiger partial charge in [0, 0.05) is 32.2 Å². The van der Waals surface area contributed by atoms with Crippen molar-refractivity contribution in [2.45, 2.75) is 18.9 Å². The van der Waals surface area contributed by atoms with E-state index >= 15 is 0 Å². The van der Waals surface area contributed by atoms with E-state index in [9.17, 15) is 0 Å². The Morgan fingerprint density at radius 1 is 0.960 bits per heavy atom. The van der Waals surface area contributed by atoms with Crippen LogP contribution in [0.4, 0.5) is 11.6 Å². The van der Waals surface area contributed by atoms with Gasteiger partial charge in [-0.1, -0.05) is 6.07 Å². The summed E-state index contributed by atoms with van der Waals surface area (Å²) in [6.07, 6.45) is 4.32. The maximum Gasteiger partial charge on any atom is 0.154 e. The maximum absolute atomic E-state index is 5.89.